The van der Waals surface area contributed by atoms with E-state index in [4.69, 9.17) is 0 Å². The summed E-state index contributed by atoms with van der Waals surface area (Å²) in [5, 5.41) is -0.189. The average molecular weight is 151 g/mol. The van der Waals surface area contributed by atoms with E-state index in [1.54, 1.807) is 0 Å². The van der Waals surface area contributed by atoms with Gasteiger partial charge in [-0.05, 0) is 0 Å². The lowest BCUT2D eigenvalue weighted by Gasteiger charge is -2.05. The molecule has 1 unspecified atom stereocenters. The third-order valence-electron chi connectivity index (χ3n) is 0.825. The largest absolute Gasteiger partial charge is 0.446 e. The molecule has 0 saturated carbocycles. The summed E-state index contributed by atoms with van der Waals surface area (Å²) in [7, 11) is 0. The molecule has 1 saturated heterocycles. The van der Waals surface area contributed by atoms with Crippen molar-refractivity contribution < 1.29 is 9.53 Å². The highest BCUT2D eigenvalue weighted by atomic mass is 32.1. The van der Waals surface area contributed by atoms with E-state index < -0.39 is 6.09 Å². The smallest absolute Gasteiger partial charge is 0.420 e. The number of hydrogen-bond acceptors (Lipinski definition) is 4. The number of carbonyl (C=O) groups excluding carboxylic acids is 1. The first-order valence-corrected chi connectivity index (χ1v) is 2.96. The van der Waals surface area contributed by atoms with Crippen molar-refractivity contribution in [3.05, 3.63) is 0 Å². The summed E-state index contributed by atoms with van der Waals surface area (Å²) >= 11 is 7.72. The summed E-state index contributed by atoms with van der Waals surface area (Å²) in [5.74, 6) is 0. The van der Waals surface area contributed by atoms with Crippen LogP contribution in [-0.2, 0) is 4.74 Å². The van der Waals surface area contributed by atoms with Crippen molar-refractivity contribution in [3.63, 3.8) is 0 Å². The minimum absolute atomic E-state index is 0.189. The van der Waals surface area contributed by atoms with Crippen LogP contribution in [0, 0.1) is 0 Å². The van der Waals surface area contributed by atoms with E-state index in [-0.39, 0.29) is 5.37 Å². The van der Waals surface area contributed by atoms with Gasteiger partial charge in [0.1, 0.15) is 12.0 Å². The van der Waals surface area contributed by atoms with Gasteiger partial charge in [-0.2, -0.15) is 0 Å². The summed E-state index contributed by atoms with van der Waals surface area (Å²) < 4.78 is 5.65. The van der Waals surface area contributed by atoms with Gasteiger partial charge in [-0.3, -0.25) is 0 Å². The van der Waals surface area contributed by atoms with Gasteiger partial charge in [-0.15, -0.1) is 12.6 Å². The molecule has 0 spiro atoms. The maximum Gasteiger partial charge on any atom is 0.420 e. The lowest BCUT2D eigenvalue weighted by molar-refractivity contribution is 0.171. The number of cyclic esters (lactones) is 1. The molecule has 0 aromatic rings. The molecule has 46 valence electrons. The average Bonchev–Trinajstić information content (AvgIpc) is 1.98. The standard InChI is InChI=1S/C3H5NO2S2/c5-3-4(8)2(7)1-6-3/h2,7-8H,1H2. The molecule has 1 amide bonds. The molecule has 1 atom stereocenters. The molecule has 0 aromatic heterocycles. The molecule has 1 heterocycles. The summed E-state index contributed by atoms with van der Waals surface area (Å²) in [4.78, 5) is 10.4. The number of hydrogen-bond donors (Lipinski definition) is 2. The van der Waals surface area contributed by atoms with Crippen LogP contribution in [0.5, 0.6) is 0 Å². The first-order chi connectivity index (χ1) is 3.72. The molecule has 0 aromatic carbocycles. The number of carbonyl (C=O) groups is 1. The molecular formula is C3H5NO2S2. The van der Waals surface area contributed by atoms with Gasteiger partial charge in [0.15, 0.2) is 0 Å². The topological polar surface area (TPSA) is 29.5 Å². The summed E-state index contributed by atoms with van der Waals surface area (Å²) in [6, 6.07) is 0. The van der Waals surface area contributed by atoms with Crippen LogP contribution in [-0.4, -0.2) is 22.4 Å². The van der Waals surface area contributed by atoms with Gasteiger partial charge in [-0.25, -0.2) is 9.10 Å². The Morgan fingerprint density at radius 1 is 1.88 bits per heavy atom. The minimum Gasteiger partial charge on any atom is -0.446 e. The molecule has 0 radical (unpaired) electrons. The van der Waals surface area contributed by atoms with Crippen LogP contribution in [0.15, 0.2) is 0 Å². The molecule has 1 rings (SSSR count). The molecule has 0 bridgehead atoms. The Labute approximate surface area is 57.9 Å². The molecule has 0 aliphatic carbocycles. The summed E-state index contributed by atoms with van der Waals surface area (Å²) in [6.45, 7) is 0.325. The van der Waals surface area contributed by atoms with Crippen molar-refractivity contribution >= 4 is 31.5 Å². The SMILES string of the molecule is O=C1OCC(S)N1S. The van der Waals surface area contributed by atoms with Crippen molar-refractivity contribution in [1.82, 2.24) is 4.31 Å². The zero-order valence-electron chi connectivity index (χ0n) is 3.94. The maximum atomic E-state index is 10.4. The van der Waals surface area contributed by atoms with E-state index in [1.165, 1.54) is 0 Å². The van der Waals surface area contributed by atoms with E-state index in [0.717, 1.165) is 4.31 Å². The van der Waals surface area contributed by atoms with Crippen molar-refractivity contribution in [2.75, 3.05) is 6.61 Å². The zero-order valence-corrected chi connectivity index (χ0v) is 5.73. The maximum absolute atomic E-state index is 10.4. The molecular weight excluding hydrogens is 146 g/mol. The first kappa shape index (κ1) is 6.10. The highest BCUT2D eigenvalue weighted by Gasteiger charge is 2.27. The fourth-order valence-corrected chi connectivity index (χ4v) is 0.697. The van der Waals surface area contributed by atoms with E-state index in [9.17, 15) is 4.79 Å². The quantitative estimate of drug-likeness (QED) is 0.495. The van der Waals surface area contributed by atoms with Gasteiger partial charge in [0.05, 0.1) is 0 Å². The van der Waals surface area contributed by atoms with Crippen LogP contribution in [0.3, 0.4) is 0 Å². The van der Waals surface area contributed by atoms with E-state index in [1.807, 2.05) is 0 Å². The van der Waals surface area contributed by atoms with Gasteiger partial charge in [0, 0.05) is 0 Å². The second kappa shape index (κ2) is 2.06. The van der Waals surface area contributed by atoms with Crippen LogP contribution >= 0.6 is 25.4 Å². The number of ether oxygens (including phenoxy) is 1. The first-order valence-electron chi connectivity index (χ1n) is 2.05. The number of thiol groups is 2. The molecule has 3 nitrogen and oxygen atoms in total. The Bertz CT molecular complexity index is 118. The number of amides is 1. The predicted molar refractivity (Wildman–Crippen MR) is 34.9 cm³/mol. The van der Waals surface area contributed by atoms with E-state index in [2.05, 4.69) is 30.2 Å². The Morgan fingerprint density at radius 3 is 2.62 bits per heavy atom. The monoisotopic (exact) mass is 151 g/mol. The molecule has 8 heavy (non-hydrogen) atoms. The molecule has 5 heteroatoms. The highest BCUT2D eigenvalue weighted by Crippen LogP contribution is 2.16. The van der Waals surface area contributed by atoms with Crippen LogP contribution in [0.1, 0.15) is 0 Å². The second-order valence-electron chi connectivity index (χ2n) is 1.40. The minimum atomic E-state index is -0.423. The molecule has 1 fully saturated rings. The van der Waals surface area contributed by atoms with Crippen molar-refractivity contribution in [2.45, 2.75) is 5.37 Å². The van der Waals surface area contributed by atoms with Gasteiger partial charge in [-0.1, -0.05) is 12.8 Å². The summed E-state index contributed by atoms with van der Waals surface area (Å²) in [5.41, 5.74) is 0. The Balaban J connectivity index is 2.56. The summed E-state index contributed by atoms with van der Waals surface area (Å²) in [6.07, 6.45) is -0.423. The Hall–Kier alpha value is -0.0300. The van der Waals surface area contributed by atoms with Gasteiger partial charge in [0.25, 0.3) is 0 Å². The fraction of sp³-hybridized carbons (Fsp3) is 0.667. The number of rotatable bonds is 0. The van der Waals surface area contributed by atoms with Crippen molar-refractivity contribution in [2.24, 2.45) is 0 Å². The second-order valence-corrected chi connectivity index (χ2v) is 2.43. The number of nitrogens with zero attached hydrogens (tertiary/aromatic N) is 1. The lowest BCUT2D eigenvalue weighted by atomic mass is 10.7. The van der Waals surface area contributed by atoms with Crippen molar-refractivity contribution in [3.8, 4) is 0 Å². The molecule has 1 aliphatic rings. The Morgan fingerprint density at radius 2 is 2.50 bits per heavy atom. The van der Waals surface area contributed by atoms with Gasteiger partial charge in [0.2, 0.25) is 0 Å². The van der Waals surface area contributed by atoms with Crippen LogP contribution in [0.25, 0.3) is 0 Å². The molecule has 1 aliphatic heterocycles. The van der Waals surface area contributed by atoms with E-state index in [0.29, 0.717) is 6.61 Å². The zero-order chi connectivity index (χ0) is 6.15. The van der Waals surface area contributed by atoms with E-state index >= 15 is 0 Å². The third-order valence-corrected chi connectivity index (χ3v) is 1.83. The lowest BCUT2D eigenvalue weighted by Crippen LogP contribution is -2.18. The normalized spacial score (nSPS) is 28.5. The van der Waals surface area contributed by atoms with Gasteiger partial charge < -0.3 is 4.74 Å². The molecule has 0 N–H and O–H groups in total. The van der Waals surface area contributed by atoms with Crippen LogP contribution in [0.4, 0.5) is 4.79 Å². The van der Waals surface area contributed by atoms with Crippen LogP contribution < -0.4 is 0 Å². The van der Waals surface area contributed by atoms with Crippen molar-refractivity contribution in [1.29, 1.82) is 0 Å². The fourth-order valence-electron chi connectivity index (χ4n) is 0.404. The third kappa shape index (κ3) is 0.877. The predicted octanol–water partition coefficient (Wildman–Crippen LogP) is 0.539. The Kier molecular flexibility index (Phi) is 1.57. The van der Waals surface area contributed by atoms with Crippen LogP contribution in [0.2, 0.25) is 0 Å². The van der Waals surface area contributed by atoms with Gasteiger partial charge >= 0.3 is 6.09 Å². The highest BCUT2D eigenvalue weighted by molar-refractivity contribution is 7.83.